The Morgan fingerprint density at radius 3 is 2.92 bits per heavy atom. The van der Waals surface area contributed by atoms with E-state index in [0.29, 0.717) is 0 Å². The number of rotatable bonds is 2. The lowest BCUT2D eigenvalue weighted by Gasteiger charge is -2.02. The van der Waals surface area contributed by atoms with Crippen LogP contribution in [0.15, 0.2) is 36.5 Å². The van der Waals surface area contributed by atoms with Crippen molar-refractivity contribution in [2.45, 2.75) is 6.42 Å². The lowest BCUT2D eigenvalue weighted by Crippen LogP contribution is -1.88. The van der Waals surface area contributed by atoms with Crippen LogP contribution < -0.4 is 0 Å². The Morgan fingerprint density at radius 2 is 2.08 bits per heavy atom. The van der Waals surface area contributed by atoms with E-state index in [1.165, 1.54) is 10.9 Å². The summed E-state index contributed by atoms with van der Waals surface area (Å²) >= 11 is 2.40. The number of halogens is 1. The van der Waals surface area contributed by atoms with Crippen LogP contribution >= 0.6 is 22.6 Å². The molecule has 2 aromatic rings. The van der Waals surface area contributed by atoms with Crippen molar-refractivity contribution in [3.8, 4) is 0 Å². The van der Waals surface area contributed by atoms with Gasteiger partial charge in [-0.25, -0.2) is 0 Å². The number of nitrogens with zero attached hydrogens (tertiary/aromatic N) is 1. The van der Waals surface area contributed by atoms with Crippen LogP contribution in [-0.4, -0.2) is 9.41 Å². The number of benzene rings is 1. The van der Waals surface area contributed by atoms with Gasteiger partial charge in [-0.2, -0.15) is 0 Å². The normalized spacial score (nSPS) is 10.5. The Hall–Kier alpha value is -0.640. The first-order chi connectivity index (χ1) is 6.42. The van der Waals surface area contributed by atoms with Crippen molar-refractivity contribution in [1.29, 1.82) is 0 Å². The maximum absolute atomic E-state index is 4.32. The van der Waals surface area contributed by atoms with Crippen LogP contribution in [0.1, 0.15) is 5.56 Å². The average Bonchev–Trinajstić information content (AvgIpc) is 2.19. The molecule has 66 valence electrons. The Bertz CT molecular complexity index is 406. The second-order valence-electron chi connectivity index (χ2n) is 2.93. The average molecular weight is 283 g/mol. The van der Waals surface area contributed by atoms with E-state index in [0.717, 1.165) is 16.4 Å². The molecule has 2 rings (SSSR count). The molecule has 0 atom stereocenters. The predicted molar refractivity (Wildman–Crippen MR) is 64.3 cm³/mol. The number of hydrogen-bond acceptors (Lipinski definition) is 1. The summed E-state index contributed by atoms with van der Waals surface area (Å²) in [5.74, 6) is 0. The van der Waals surface area contributed by atoms with Crippen LogP contribution in [0.2, 0.25) is 0 Å². The third-order valence-corrected chi connectivity index (χ3v) is 2.64. The number of aryl methyl sites for hydroxylation is 1. The summed E-state index contributed by atoms with van der Waals surface area (Å²) < 4.78 is 1.16. The van der Waals surface area contributed by atoms with Crippen molar-refractivity contribution < 1.29 is 0 Å². The second kappa shape index (κ2) is 4.05. The Balaban J connectivity index is 2.61. The Morgan fingerprint density at radius 1 is 1.15 bits per heavy atom. The zero-order valence-corrected chi connectivity index (χ0v) is 9.36. The monoisotopic (exact) mass is 283 g/mol. The highest BCUT2D eigenvalue weighted by Gasteiger charge is 1.98. The molecule has 2 heteroatoms. The third kappa shape index (κ3) is 1.82. The van der Waals surface area contributed by atoms with Crippen LogP contribution in [0.5, 0.6) is 0 Å². The molecule has 1 aromatic carbocycles. The molecule has 0 radical (unpaired) electrons. The van der Waals surface area contributed by atoms with Gasteiger partial charge in [-0.3, -0.25) is 4.98 Å². The van der Waals surface area contributed by atoms with E-state index >= 15 is 0 Å². The van der Waals surface area contributed by atoms with E-state index in [9.17, 15) is 0 Å². The Kier molecular flexibility index (Phi) is 2.78. The van der Waals surface area contributed by atoms with Crippen LogP contribution in [0, 0.1) is 0 Å². The number of alkyl halides is 1. The van der Waals surface area contributed by atoms with Crippen molar-refractivity contribution in [2.75, 3.05) is 4.43 Å². The van der Waals surface area contributed by atoms with Crippen molar-refractivity contribution in [1.82, 2.24) is 4.98 Å². The largest absolute Gasteiger partial charge is 0.256 e. The zero-order chi connectivity index (χ0) is 9.10. The van der Waals surface area contributed by atoms with Gasteiger partial charge in [-0.15, -0.1) is 0 Å². The highest BCUT2D eigenvalue weighted by molar-refractivity contribution is 14.1. The molecule has 0 fully saturated rings. The van der Waals surface area contributed by atoms with Gasteiger partial charge in [0.05, 0.1) is 5.52 Å². The summed E-state index contributed by atoms with van der Waals surface area (Å²) in [7, 11) is 0. The fraction of sp³-hybridized carbons (Fsp3) is 0.182. The zero-order valence-electron chi connectivity index (χ0n) is 7.20. The summed E-state index contributed by atoms with van der Waals surface area (Å²) in [5, 5.41) is 1.29. The van der Waals surface area contributed by atoms with Gasteiger partial charge >= 0.3 is 0 Å². The first-order valence-corrected chi connectivity index (χ1v) is 5.83. The maximum atomic E-state index is 4.32. The molecule has 0 amide bonds. The van der Waals surface area contributed by atoms with Crippen molar-refractivity contribution in [2.24, 2.45) is 0 Å². The molecule has 0 spiro atoms. The van der Waals surface area contributed by atoms with E-state index < -0.39 is 0 Å². The van der Waals surface area contributed by atoms with Gasteiger partial charge < -0.3 is 0 Å². The molecule has 1 aromatic heterocycles. The second-order valence-corrected chi connectivity index (χ2v) is 4.00. The molecule has 0 aliphatic rings. The standard InChI is InChI=1S/C11H10IN/c12-7-6-9-3-1-5-11-10(9)4-2-8-13-11/h1-5,8H,6-7H2. The minimum Gasteiger partial charge on any atom is -0.256 e. The molecule has 1 nitrogen and oxygen atoms in total. The van der Waals surface area contributed by atoms with Crippen LogP contribution in [-0.2, 0) is 6.42 Å². The smallest absolute Gasteiger partial charge is 0.0704 e. The molecule has 0 saturated heterocycles. The van der Waals surface area contributed by atoms with Crippen LogP contribution in [0.25, 0.3) is 10.9 Å². The molecular weight excluding hydrogens is 273 g/mol. The Labute approximate surface area is 91.3 Å². The molecule has 1 heterocycles. The molecule has 0 N–H and O–H groups in total. The highest BCUT2D eigenvalue weighted by atomic mass is 127. The van der Waals surface area contributed by atoms with E-state index in [1.807, 2.05) is 12.3 Å². The van der Waals surface area contributed by atoms with Crippen LogP contribution in [0.4, 0.5) is 0 Å². The third-order valence-electron chi connectivity index (χ3n) is 2.10. The molecule has 0 aliphatic carbocycles. The lowest BCUT2D eigenvalue weighted by molar-refractivity contribution is 1.20. The minimum absolute atomic E-state index is 1.10. The summed E-state index contributed by atoms with van der Waals surface area (Å²) in [4.78, 5) is 4.32. The first-order valence-electron chi connectivity index (χ1n) is 4.30. The van der Waals surface area contributed by atoms with E-state index in [4.69, 9.17) is 0 Å². The van der Waals surface area contributed by atoms with Gasteiger partial charge in [0.1, 0.15) is 0 Å². The highest BCUT2D eigenvalue weighted by Crippen LogP contribution is 2.17. The van der Waals surface area contributed by atoms with E-state index in [2.05, 4.69) is 51.8 Å². The van der Waals surface area contributed by atoms with Crippen molar-refractivity contribution in [3.05, 3.63) is 42.1 Å². The predicted octanol–water partition coefficient (Wildman–Crippen LogP) is 3.21. The molecule has 0 bridgehead atoms. The molecule has 13 heavy (non-hydrogen) atoms. The fourth-order valence-electron chi connectivity index (χ4n) is 1.49. The summed E-state index contributed by atoms with van der Waals surface area (Å²) in [6, 6.07) is 10.5. The van der Waals surface area contributed by atoms with Crippen molar-refractivity contribution in [3.63, 3.8) is 0 Å². The lowest BCUT2D eigenvalue weighted by atomic mass is 10.1. The van der Waals surface area contributed by atoms with Crippen LogP contribution in [0.3, 0.4) is 0 Å². The van der Waals surface area contributed by atoms with Gasteiger partial charge in [0.2, 0.25) is 0 Å². The number of hydrogen-bond donors (Lipinski definition) is 0. The van der Waals surface area contributed by atoms with Gasteiger partial charge in [0.25, 0.3) is 0 Å². The summed E-state index contributed by atoms with van der Waals surface area (Å²) in [6.45, 7) is 0. The minimum atomic E-state index is 1.10. The van der Waals surface area contributed by atoms with Gasteiger partial charge in [0, 0.05) is 16.0 Å². The molecule has 0 saturated carbocycles. The van der Waals surface area contributed by atoms with Crippen molar-refractivity contribution >= 4 is 33.5 Å². The summed E-state index contributed by atoms with van der Waals surface area (Å²) in [6.07, 6.45) is 2.97. The molecule has 0 aliphatic heterocycles. The maximum Gasteiger partial charge on any atom is 0.0704 e. The van der Waals surface area contributed by atoms with E-state index in [1.54, 1.807) is 0 Å². The molecular formula is C11H10IN. The SMILES string of the molecule is ICCc1cccc2ncccc12. The van der Waals surface area contributed by atoms with Gasteiger partial charge in [-0.05, 0) is 24.1 Å². The number of aromatic nitrogens is 1. The number of pyridine rings is 1. The van der Waals surface area contributed by atoms with Gasteiger partial charge in [0.15, 0.2) is 0 Å². The molecule has 0 unspecified atom stereocenters. The quantitative estimate of drug-likeness (QED) is 0.609. The number of fused-ring (bicyclic) bond motifs is 1. The topological polar surface area (TPSA) is 12.9 Å². The summed E-state index contributed by atoms with van der Waals surface area (Å²) in [5.41, 5.74) is 2.50. The first kappa shape index (κ1) is 8.94. The van der Waals surface area contributed by atoms with Gasteiger partial charge in [-0.1, -0.05) is 40.8 Å². The van der Waals surface area contributed by atoms with E-state index in [-0.39, 0.29) is 0 Å². The fourth-order valence-corrected chi connectivity index (χ4v) is 2.07.